The Bertz CT molecular complexity index is 631. The normalized spacial score (nSPS) is 30.6. The molecule has 108 valence electrons. The van der Waals surface area contributed by atoms with Crippen molar-refractivity contribution in [1.82, 2.24) is 5.32 Å². The van der Waals surface area contributed by atoms with Gasteiger partial charge in [0.15, 0.2) is 9.84 Å². The van der Waals surface area contributed by atoms with Crippen molar-refractivity contribution < 1.29 is 13.2 Å². The topological polar surface area (TPSA) is 75.3 Å². The van der Waals surface area contributed by atoms with Gasteiger partial charge in [-0.25, -0.2) is 8.42 Å². The van der Waals surface area contributed by atoms with E-state index in [1.165, 1.54) is 0 Å². The molecule has 5 nitrogen and oxygen atoms in total. The molecule has 2 aliphatic rings. The van der Waals surface area contributed by atoms with Crippen LogP contribution >= 0.6 is 0 Å². The number of carbonyl (C=O) groups excluding carboxylic acids is 1. The van der Waals surface area contributed by atoms with Gasteiger partial charge in [-0.05, 0) is 25.0 Å². The maximum absolute atomic E-state index is 12.3. The molecule has 2 unspecified atom stereocenters. The molecule has 0 aromatic heterocycles. The minimum atomic E-state index is -3.01. The maximum atomic E-state index is 12.3. The molecule has 2 N–H and O–H groups in total. The van der Waals surface area contributed by atoms with Crippen molar-refractivity contribution in [2.24, 2.45) is 0 Å². The molecule has 1 aromatic carbocycles. The average molecular weight is 294 g/mol. The number of sulfone groups is 1. The number of carbonyl (C=O) groups is 1. The number of rotatable bonds is 2. The van der Waals surface area contributed by atoms with E-state index >= 15 is 0 Å². The molecule has 1 aromatic rings. The van der Waals surface area contributed by atoms with E-state index in [-0.39, 0.29) is 23.5 Å². The van der Waals surface area contributed by atoms with Crippen molar-refractivity contribution in [2.75, 3.05) is 16.8 Å². The van der Waals surface area contributed by atoms with E-state index in [1.807, 2.05) is 24.3 Å². The molecule has 1 saturated heterocycles. The first-order valence-electron chi connectivity index (χ1n) is 6.74. The van der Waals surface area contributed by atoms with E-state index in [0.29, 0.717) is 12.8 Å². The highest BCUT2D eigenvalue weighted by Gasteiger charge is 2.41. The van der Waals surface area contributed by atoms with Crippen LogP contribution in [0.1, 0.15) is 18.9 Å². The number of para-hydroxylation sites is 1. The summed E-state index contributed by atoms with van der Waals surface area (Å²) in [5, 5.41) is 6.09. The monoisotopic (exact) mass is 294 g/mol. The number of amides is 1. The first-order chi connectivity index (χ1) is 9.37. The summed E-state index contributed by atoms with van der Waals surface area (Å²) in [4.78, 5) is 12.3. The Labute approximate surface area is 118 Å². The van der Waals surface area contributed by atoms with Crippen molar-refractivity contribution in [1.29, 1.82) is 0 Å². The Morgan fingerprint density at radius 3 is 2.80 bits per heavy atom. The molecule has 1 amide bonds. The van der Waals surface area contributed by atoms with Gasteiger partial charge < -0.3 is 10.6 Å². The van der Waals surface area contributed by atoms with Gasteiger partial charge in [0.2, 0.25) is 5.91 Å². The predicted octanol–water partition coefficient (Wildman–Crippen LogP) is 0.717. The summed E-state index contributed by atoms with van der Waals surface area (Å²) >= 11 is 0. The molecule has 0 aliphatic carbocycles. The summed E-state index contributed by atoms with van der Waals surface area (Å²) in [5.41, 5.74) is 1.47. The van der Waals surface area contributed by atoms with Crippen LogP contribution in [0.15, 0.2) is 24.3 Å². The molecule has 2 atom stereocenters. The van der Waals surface area contributed by atoms with Gasteiger partial charge in [-0.1, -0.05) is 18.2 Å². The summed E-state index contributed by atoms with van der Waals surface area (Å²) < 4.78 is 23.1. The molecular weight excluding hydrogens is 276 g/mol. The van der Waals surface area contributed by atoms with Crippen LogP contribution in [0, 0.1) is 0 Å². The van der Waals surface area contributed by atoms with Crippen LogP contribution in [0.5, 0.6) is 0 Å². The quantitative estimate of drug-likeness (QED) is 0.842. The Morgan fingerprint density at radius 2 is 2.15 bits per heavy atom. The Balaban J connectivity index is 1.67. The first kappa shape index (κ1) is 13.4. The first-order valence-corrected chi connectivity index (χ1v) is 8.56. The zero-order valence-corrected chi connectivity index (χ0v) is 12.2. The highest BCUT2D eigenvalue weighted by molar-refractivity contribution is 7.91. The fraction of sp³-hybridized carbons (Fsp3) is 0.500. The molecular formula is C14H18N2O3S. The lowest BCUT2D eigenvalue weighted by atomic mass is 10.0. The van der Waals surface area contributed by atoms with Gasteiger partial charge in [-0.15, -0.1) is 0 Å². The van der Waals surface area contributed by atoms with Gasteiger partial charge >= 0.3 is 0 Å². The third-order valence-corrected chi connectivity index (χ3v) is 5.92. The fourth-order valence-corrected chi connectivity index (χ4v) is 5.04. The van der Waals surface area contributed by atoms with Crippen LogP contribution in [0.25, 0.3) is 0 Å². The predicted molar refractivity (Wildman–Crippen MR) is 77.4 cm³/mol. The lowest BCUT2D eigenvalue weighted by molar-refractivity contribution is -0.123. The average Bonchev–Trinajstić information content (AvgIpc) is 2.90. The highest BCUT2D eigenvalue weighted by atomic mass is 32.2. The third-order valence-electron chi connectivity index (χ3n) is 4.02. The number of fused-ring (bicyclic) bond motifs is 1. The van der Waals surface area contributed by atoms with Crippen LogP contribution in [-0.2, 0) is 21.1 Å². The summed E-state index contributed by atoms with van der Waals surface area (Å²) in [7, 11) is -3.01. The second-order valence-electron chi connectivity index (χ2n) is 5.95. The van der Waals surface area contributed by atoms with Crippen molar-refractivity contribution in [3.05, 3.63) is 29.8 Å². The molecule has 0 spiro atoms. The molecule has 2 heterocycles. The molecule has 1 fully saturated rings. The lowest BCUT2D eigenvalue weighted by Gasteiger charge is -2.26. The molecule has 0 bridgehead atoms. The van der Waals surface area contributed by atoms with Crippen LogP contribution in [0.2, 0.25) is 0 Å². The third kappa shape index (κ3) is 2.52. The number of hydrogen-bond acceptors (Lipinski definition) is 4. The van der Waals surface area contributed by atoms with Crippen LogP contribution in [-0.4, -0.2) is 37.4 Å². The van der Waals surface area contributed by atoms with Gasteiger partial charge in [0.25, 0.3) is 0 Å². The minimum Gasteiger partial charge on any atom is -0.373 e. The number of nitrogens with one attached hydrogen (secondary N) is 2. The fourth-order valence-electron chi connectivity index (χ4n) is 2.95. The van der Waals surface area contributed by atoms with Crippen molar-refractivity contribution >= 4 is 21.4 Å². The molecule has 0 saturated carbocycles. The zero-order valence-electron chi connectivity index (χ0n) is 11.3. The Morgan fingerprint density at radius 1 is 1.40 bits per heavy atom. The second-order valence-corrected chi connectivity index (χ2v) is 8.13. The minimum absolute atomic E-state index is 0.0331. The summed E-state index contributed by atoms with van der Waals surface area (Å²) in [6.45, 7) is 1.80. The molecule has 0 radical (unpaired) electrons. The van der Waals surface area contributed by atoms with Gasteiger partial charge in [-0.2, -0.15) is 0 Å². The SMILES string of the molecule is CC1(NC(=O)C2Cc3ccccc3N2)CCS(=O)(=O)C1. The van der Waals surface area contributed by atoms with E-state index < -0.39 is 15.4 Å². The standard InChI is InChI=1S/C14H18N2O3S/c1-14(6-7-20(18,19)9-14)16-13(17)12-8-10-4-2-3-5-11(10)15-12/h2-5,12,15H,6-9H2,1H3,(H,16,17). The second kappa shape index (κ2) is 4.48. The molecule has 2 aliphatic heterocycles. The van der Waals surface area contributed by atoms with Gasteiger partial charge in [-0.3, -0.25) is 4.79 Å². The zero-order chi connectivity index (χ0) is 14.4. The van der Waals surface area contributed by atoms with Crippen LogP contribution in [0.3, 0.4) is 0 Å². The van der Waals surface area contributed by atoms with Gasteiger partial charge in [0, 0.05) is 12.1 Å². The van der Waals surface area contributed by atoms with Crippen molar-refractivity contribution in [2.45, 2.75) is 31.3 Å². The van der Waals surface area contributed by atoms with Gasteiger partial charge in [0.1, 0.15) is 6.04 Å². The summed E-state index contributed by atoms with van der Waals surface area (Å²) in [5.74, 6) is 0.0637. The Hall–Kier alpha value is -1.56. The van der Waals surface area contributed by atoms with E-state index in [2.05, 4.69) is 10.6 Å². The number of hydrogen-bond donors (Lipinski definition) is 2. The smallest absolute Gasteiger partial charge is 0.243 e. The number of benzene rings is 1. The largest absolute Gasteiger partial charge is 0.373 e. The van der Waals surface area contributed by atoms with Crippen LogP contribution < -0.4 is 10.6 Å². The molecule has 3 rings (SSSR count). The summed E-state index contributed by atoms with van der Waals surface area (Å²) in [6.07, 6.45) is 1.13. The summed E-state index contributed by atoms with van der Waals surface area (Å²) in [6, 6.07) is 7.51. The lowest BCUT2D eigenvalue weighted by Crippen LogP contribution is -2.52. The highest BCUT2D eigenvalue weighted by Crippen LogP contribution is 2.27. The Kier molecular flexibility index (Phi) is 3.01. The van der Waals surface area contributed by atoms with E-state index in [9.17, 15) is 13.2 Å². The van der Waals surface area contributed by atoms with E-state index in [4.69, 9.17) is 0 Å². The molecule has 6 heteroatoms. The van der Waals surface area contributed by atoms with Crippen LogP contribution in [0.4, 0.5) is 5.69 Å². The van der Waals surface area contributed by atoms with Crippen molar-refractivity contribution in [3.63, 3.8) is 0 Å². The van der Waals surface area contributed by atoms with Gasteiger partial charge in [0.05, 0.1) is 17.0 Å². The molecule has 20 heavy (non-hydrogen) atoms. The maximum Gasteiger partial charge on any atom is 0.243 e. The number of anilines is 1. The van der Waals surface area contributed by atoms with E-state index in [1.54, 1.807) is 6.92 Å². The van der Waals surface area contributed by atoms with E-state index in [0.717, 1.165) is 11.3 Å². The van der Waals surface area contributed by atoms with Crippen molar-refractivity contribution in [3.8, 4) is 0 Å².